The van der Waals surface area contributed by atoms with Gasteiger partial charge in [0.25, 0.3) is 11.8 Å². The molecule has 0 saturated carbocycles. The van der Waals surface area contributed by atoms with Crippen molar-refractivity contribution in [1.29, 1.82) is 4.78 Å². The quantitative estimate of drug-likeness (QED) is 0.124. The second-order valence-corrected chi connectivity index (χ2v) is 32.3. The van der Waals surface area contributed by atoms with Crippen molar-refractivity contribution in [3.05, 3.63) is 93.6 Å². The number of nitrogens with zero attached hydrogens (tertiary/aromatic N) is 3. The van der Waals surface area contributed by atoms with Gasteiger partial charge in [-0.1, -0.05) is 32.9 Å². The Bertz CT molecular complexity index is 2660. The van der Waals surface area contributed by atoms with E-state index in [0.29, 0.717) is 20.9 Å². The fourth-order valence-electron chi connectivity index (χ4n) is 7.93. The molecule has 0 aromatic heterocycles. The molecule has 23 heteroatoms. The zero-order chi connectivity index (χ0) is 63.7. The molecule has 0 aliphatic carbocycles. The van der Waals surface area contributed by atoms with Gasteiger partial charge in [0.05, 0.1) is 9.73 Å². The van der Waals surface area contributed by atoms with Crippen LogP contribution in [-0.2, 0) is 45.8 Å². The molecule has 0 aliphatic heterocycles. The van der Waals surface area contributed by atoms with Crippen LogP contribution in [0, 0.1) is 13.8 Å². The number of rotatable bonds is 9. The molecule has 0 saturated heterocycles. The first-order valence-electron chi connectivity index (χ1n) is 25.4. The van der Waals surface area contributed by atoms with Crippen LogP contribution in [0.5, 0.6) is 0 Å². The Hall–Kier alpha value is -5.66. The maximum absolute atomic E-state index is 12.9. The van der Waals surface area contributed by atoms with Crippen LogP contribution in [0.2, 0.25) is 0 Å². The summed E-state index contributed by atoms with van der Waals surface area (Å²) < 4.78 is 47.3. The fourth-order valence-corrected chi connectivity index (χ4v) is 11.9. The van der Waals surface area contributed by atoms with E-state index in [2.05, 4.69) is 5.73 Å². The molecule has 3 rings (SSSR count). The third-order valence-corrected chi connectivity index (χ3v) is 15.8. The zero-order valence-corrected chi connectivity index (χ0v) is 56.5. The Balaban J connectivity index is -0.000000979. The number of carboxylic acid groups (broad SMARTS) is 2. The number of hydrogen-bond donors (Lipinski definition) is 5. The van der Waals surface area contributed by atoms with E-state index < -0.39 is 93.9 Å². The minimum Gasteiger partial charge on any atom is -0.480 e. The van der Waals surface area contributed by atoms with Gasteiger partial charge in [-0.15, -0.1) is 0 Å². The Kier molecular flexibility index (Phi) is 31.1. The number of nitrogens with two attached hydrogens (primary N) is 1. The van der Waals surface area contributed by atoms with Gasteiger partial charge in [0.2, 0.25) is 0 Å². The van der Waals surface area contributed by atoms with Gasteiger partial charge in [-0.3, -0.25) is 18.7 Å². The van der Waals surface area contributed by atoms with Gasteiger partial charge < -0.3 is 36.6 Å². The first-order chi connectivity index (χ1) is 35.6. The van der Waals surface area contributed by atoms with Gasteiger partial charge in [-0.2, -0.15) is 0 Å². The Labute approximate surface area is 494 Å². The molecule has 3 aromatic rings. The van der Waals surface area contributed by atoms with Crippen molar-refractivity contribution in [3.8, 4) is 0 Å². The van der Waals surface area contributed by atoms with Gasteiger partial charge >= 0.3 is 114 Å². The number of aliphatic carboxylic acids is 1. The average molecular weight is 1290 g/mol. The number of hydrogen-bond acceptors (Lipinski definition) is 14. The Morgan fingerprint density at radius 2 is 0.963 bits per heavy atom. The van der Waals surface area contributed by atoms with E-state index in [-0.39, 0.29) is 40.1 Å². The monoisotopic (exact) mass is 1290 g/mol. The number of nitrogens with one attached hydrogen (secondary N) is 1. The SMILES string of the molecule is CC(=O)OI(OC(C)=O)c1ccccc1.CC(C)(C)N(C(=O)c1cccc(S(C)(=N)=O)c1)C(C)(C)C.CC(C)(C)OC(=O)N([C@@H](C(=O)O)C(C)(C)C)C(C)(C)C.CS(=O)c1cccc(C(=O)N(C(C)(C)C)C(C)(C)C)c1.N.NC(=O)O. The molecule has 20 nitrogen and oxygen atoms in total. The minimum atomic E-state index is -2.83. The smallest absolute Gasteiger partial charge is 0.411 e. The third kappa shape index (κ3) is 30.3. The molecule has 0 fully saturated rings. The number of halogens is 1. The summed E-state index contributed by atoms with van der Waals surface area (Å²) in [4.78, 5) is 86.3. The number of ether oxygens (including phenoxy) is 1. The van der Waals surface area contributed by atoms with Crippen LogP contribution in [0.4, 0.5) is 9.59 Å². The Morgan fingerprint density at radius 1 is 0.605 bits per heavy atom. The molecule has 0 radical (unpaired) electrons. The summed E-state index contributed by atoms with van der Waals surface area (Å²) in [5, 5.41) is 16.7. The minimum absolute atomic E-state index is 0. The molecule has 81 heavy (non-hydrogen) atoms. The third-order valence-electron chi connectivity index (χ3n) is 9.93. The maximum atomic E-state index is 12.9. The first kappa shape index (κ1) is 79.6. The number of benzene rings is 3. The van der Waals surface area contributed by atoms with E-state index in [9.17, 15) is 42.3 Å². The summed E-state index contributed by atoms with van der Waals surface area (Å²) in [7, 11) is -3.91. The van der Waals surface area contributed by atoms with Gasteiger partial charge in [0, 0.05) is 71.9 Å². The first-order valence-corrected chi connectivity index (χ1v) is 31.8. The summed E-state index contributed by atoms with van der Waals surface area (Å²) in [6.07, 6.45) is 1.05. The van der Waals surface area contributed by atoms with Crippen molar-refractivity contribution in [1.82, 2.24) is 20.9 Å². The normalized spacial score (nSPS) is 13.3. The van der Waals surface area contributed by atoms with E-state index in [4.69, 9.17) is 25.6 Å². The van der Waals surface area contributed by atoms with Crippen LogP contribution in [0.3, 0.4) is 0 Å². The second kappa shape index (κ2) is 31.7. The second-order valence-electron chi connectivity index (χ2n) is 25.4. The van der Waals surface area contributed by atoms with Crippen LogP contribution >= 0.6 is 20.6 Å². The molecular weight excluding hydrogens is 1200 g/mol. The predicted octanol–water partition coefficient (Wildman–Crippen LogP) is 12.8. The van der Waals surface area contributed by atoms with E-state index in [1.807, 2.05) is 111 Å². The van der Waals surface area contributed by atoms with Crippen molar-refractivity contribution in [2.24, 2.45) is 11.1 Å². The molecule has 3 aromatic carbocycles. The largest absolute Gasteiger partial charge is 0.480 e. The standard InChI is InChI=1S/C16H26N2O2S.C16H25NO2S.C15H29NO4.C10H11IO4.CH3NO2.H3N/c1-15(2,3)18(16(4,5)6)14(19)12-9-8-10-13(11-12)21(7,17)20;1-15(2,3)17(16(4,5)6)14(18)12-9-8-10-13(11-12)20(7)19;1-13(2,3)10(11(17)18)16(14(4,5)6)12(19)20-15(7,8)9;1-8(12)14-11(15-9(2)13)10-6-4-3-5-7-10;2-1(3)4;/h8-11,17H,1-7H3;8-11H,1-7H3;10H,1-9H3,(H,17,18);3-7H,1-2H3;2H2,(H,3,4);1H3/t;;10-;;;/m..0.../s1. The molecule has 2 unspecified atom stereocenters. The number of amides is 4. The number of carboxylic acids is 1. The summed E-state index contributed by atoms with van der Waals surface area (Å²) in [5.41, 5.74) is 1.94. The maximum Gasteiger partial charge on any atom is 0.411 e. The van der Waals surface area contributed by atoms with E-state index in [0.717, 1.165) is 3.57 Å². The molecule has 8 N–H and O–H groups in total. The Morgan fingerprint density at radius 3 is 1.25 bits per heavy atom. The molecule has 462 valence electrons. The zero-order valence-electron chi connectivity index (χ0n) is 52.7. The molecule has 0 spiro atoms. The number of carbonyl (C=O) groups is 7. The molecule has 0 bridgehead atoms. The van der Waals surface area contributed by atoms with Crippen molar-refractivity contribution in [2.75, 3.05) is 12.5 Å². The molecule has 3 atom stereocenters. The summed E-state index contributed by atoms with van der Waals surface area (Å²) in [5.74, 6) is -2.02. The van der Waals surface area contributed by atoms with Crippen molar-refractivity contribution in [2.45, 2.75) is 208 Å². The number of carbonyl (C=O) groups excluding carboxylic acids is 5. The van der Waals surface area contributed by atoms with Crippen molar-refractivity contribution < 1.29 is 63.1 Å². The predicted molar refractivity (Wildman–Crippen MR) is 330 cm³/mol. The van der Waals surface area contributed by atoms with Gasteiger partial charge in [-0.25, -0.2) is 23.4 Å². The summed E-state index contributed by atoms with van der Waals surface area (Å²) in [6, 6.07) is 21.8. The molecule has 0 aliphatic rings. The average Bonchev–Trinajstić information content (AvgIpc) is 3.22. The topological polar surface area (TPSA) is 316 Å². The van der Waals surface area contributed by atoms with Crippen LogP contribution in [0.1, 0.15) is 180 Å². The van der Waals surface area contributed by atoms with Crippen LogP contribution in [0.25, 0.3) is 0 Å². The fraction of sp³-hybridized carbons (Fsp3) is 0.569. The molecular formula is C58H97IN6O14S2. The van der Waals surface area contributed by atoms with Gasteiger partial charge in [0.15, 0.2) is 0 Å². The summed E-state index contributed by atoms with van der Waals surface area (Å²) in [6.45, 7) is 42.8. The molecule has 4 amide bonds. The molecule has 0 heterocycles. The van der Waals surface area contributed by atoms with Crippen molar-refractivity contribution in [3.63, 3.8) is 0 Å². The summed E-state index contributed by atoms with van der Waals surface area (Å²) >= 11 is -2.59. The van der Waals surface area contributed by atoms with Crippen LogP contribution in [-0.4, -0.2) is 127 Å². The van der Waals surface area contributed by atoms with Crippen molar-refractivity contribution >= 4 is 83.1 Å². The number of primary amides is 1. The van der Waals surface area contributed by atoms with E-state index in [1.54, 1.807) is 129 Å². The van der Waals surface area contributed by atoms with Crippen LogP contribution in [0.15, 0.2) is 88.7 Å². The van der Waals surface area contributed by atoms with Gasteiger partial charge in [0.1, 0.15) is 11.6 Å². The van der Waals surface area contributed by atoms with Crippen LogP contribution < -0.4 is 11.9 Å². The van der Waals surface area contributed by atoms with Gasteiger partial charge in [-0.05, 0) is 166 Å². The van der Waals surface area contributed by atoms with E-state index in [1.165, 1.54) is 25.0 Å². The van der Waals surface area contributed by atoms with E-state index >= 15 is 0 Å².